The maximum absolute atomic E-state index is 13.9. The van der Waals surface area contributed by atoms with Crippen molar-refractivity contribution >= 4 is 52.2 Å². The lowest BCUT2D eigenvalue weighted by molar-refractivity contribution is -0.127. The van der Waals surface area contributed by atoms with Gasteiger partial charge in [-0.25, -0.2) is 4.39 Å². The molecule has 8 heteroatoms. The highest BCUT2D eigenvalue weighted by Gasteiger charge is 2.36. The Balaban J connectivity index is 1.74. The number of carbonyl (C=O) groups excluding carboxylic acids is 3. The number of halogens is 2. The minimum atomic E-state index is -0.663. The molecule has 2 aromatic carbocycles. The summed E-state index contributed by atoms with van der Waals surface area (Å²) in [5, 5.41) is 2.16. The van der Waals surface area contributed by atoms with Crippen LogP contribution in [0.4, 0.5) is 14.9 Å². The summed E-state index contributed by atoms with van der Waals surface area (Å²) in [6, 6.07) is 11.3. The van der Waals surface area contributed by atoms with Crippen LogP contribution in [0.3, 0.4) is 0 Å². The van der Waals surface area contributed by atoms with Gasteiger partial charge in [-0.1, -0.05) is 29.8 Å². The van der Waals surface area contributed by atoms with Crippen molar-refractivity contribution in [2.24, 2.45) is 0 Å². The monoisotopic (exact) mass is 404 g/mol. The van der Waals surface area contributed by atoms with Crippen molar-refractivity contribution in [3.05, 3.63) is 69.3 Å². The van der Waals surface area contributed by atoms with Crippen molar-refractivity contribution < 1.29 is 18.8 Å². The van der Waals surface area contributed by atoms with E-state index in [1.165, 1.54) is 24.3 Å². The molecule has 0 saturated carbocycles. The zero-order valence-corrected chi connectivity index (χ0v) is 15.7. The molecule has 3 amide bonds. The average molecular weight is 405 g/mol. The van der Waals surface area contributed by atoms with Gasteiger partial charge >= 0.3 is 0 Å². The van der Waals surface area contributed by atoms with Crippen LogP contribution in [0, 0.1) is 12.7 Å². The standard InChI is InChI=1S/C19H14ClFN2O3S/c1-11-4-2-5-12(8-11)22-17(24)10-23-18(25)16(27-19(23)26)9-13-14(20)6-3-7-15(13)21/h2-9H,10H2,1H3,(H,22,24)/b16-9+. The number of thioether (sulfide) groups is 1. The fourth-order valence-corrected chi connectivity index (χ4v) is 3.52. The summed E-state index contributed by atoms with van der Waals surface area (Å²) < 4.78 is 13.9. The number of anilines is 1. The fourth-order valence-electron chi connectivity index (χ4n) is 2.48. The van der Waals surface area contributed by atoms with Gasteiger partial charge in [0.2, 0.25) is 5.91 Å². The number of imide groups is 1. The van der Waals surface area contributed by atoms with Gasteiger partial charge in [0.1, 0.15) is 12.4 Å². The first kappa shape index (κ1) is 19.1. The predicted octanol–water partition coefficient (Wildman–Crippen LogP) is 4.46. The summed E-state index contributed by atoms with van der Waals surface area (Å²) in [5.74, 6) is -1.77. The molecule has 3 rings (SSSR count). The molecule has 0 atom stereocenters. The molecule has 1 N–H and O–H groups in total. The second kappa shape index (κ2) is 7.94. The van der Waals surface area contributed by atoms with E-state index in [0.29, 0.717) is 17.4 Å². The molecule has 0 spiro atoms. The zero-order valence-electron chi connectivity index (χ0n) is 14.2. The van der Waals surface area contributed by atoms with Crippen LogP contribution in [-0.2, 0) is 9.59 Å². The van der Waals surface area contributed by atoms with E-state index in [1.54, 1.807) is 18.2 Å². The van der Waals surface area contributed by atoms with Crippen LogP contribution < -0.4 is 5.32 Å². The van der Waals surface area contributed by atoms with E-state index < -0.39 is 29.4 Å². The minimum absolute atomic E-state index is 0.00959. The maximum Gasteiger partial charge on any atom is 0.294 e. The second-order valence-electron chi connectivity index (χ2n) is 5.82. The van der Waals surface area contributed by atoms with Crippen LogP contribution >= 0.6 is 23.4 Å². The molecule has 1 aliphatic heterocycles. The molecule has 5 nitrogen and oxygen atoms in total. The Kier molecular flexibility index (Phi) is 5.62. The summed E-state index contributed by atoms with van der Waals surface area (Å²) in [6.07, 6.45) is 1.22. The lowest BCUT2D eigenvalue weighted by Crippen LogP contribution is -2.36. The third-order valence-corrected chi connectivity index (χ3v) is 4.99. The number of aryl methyl sites for hydroxylation is 1. The summed E-state index contributed by atoms with van der Waals surface area (Å²) in [4.78, 5) is 37.6. The van der Waals surface area contributed by atoms with Gasteiger partial charge in [0, 0.05) is 11.3 Å². The van der Waals surface area contributed by atoms with Crippen molar-refractivity contribution in [1.29, 1.82) is 0 Å². The highest BCUT2D eigenvalue weighted by atomic mass is 35.5. The molecule has 138 valence electrons. The highest BCUT2D eigenvalue weighted by molar-refractivity contribution is 8.18. The molecular formula is C19H14ClFN2O3S. The van der Waals surface area contributed by atoms with Crippen molar-refractivity contribution in [2.75, 3.05) is 11.9 Å². The maximum atomic E-state index is 13.9. The van der Waals surface area contributed by atoms with Crippen LogP contribution in [0.15, 0.2) is 47.4 Å². The number of nitrogens with one attached hydrogen (secondary N) is 1. The first-order valence-electron chi connectivity index (χ1n) is 7.91. The second-order valence-corrected chi connectivity index (χ2v) is 7.22. The van der Waals surface area contributed by atoms with Crippen molar-refractivity contribution in [1.82, 2.24) is 4.90 Å². The van der Waals surface area contributed by atoms with E-state index >= 15 is 0 Å². The van der Waals surface area contributed by atoms with Crippen molar-refractivity contribution in [3.63, 3.8) is 0 Å². The molecule has 1 aliphatic rings. The van der Waals surface area contributed by atoms with Gasteiger partial charge in [-0.15, -0.1) is 0 Å². The van der Waals surface area contributed by atoms with Gasteiger partial charge in [0.25, 0.3) is 11.1 Å². The van der Waals surface area contributed by atoms with Gasteiger partial charge in [0.05, 0.1) is 9.93 Å². The van der Waals surface area contributed by atoms with Gasteiger partial charge < -0.3 is 5.32 Å². The van der Waals surface area contributed by atoms with Crippen LogP contribution in [0.5, 0.6) is 0 Å². The number of nitrogens with zero attached hydrogens (tertiary/aromatic N) is 1. The predicted molar refractivity (Wildman–Crippen MR) is 104 cm³/mol. The summed E-state index contributed by atoms with van der Waals surface area (Å²) in [5.41, 5.74) is 1.55. The quantitative estimate of drug-likeness (QED) is 0.764. The molecule has 1 saturated heterocycles. The minimum Gasteiger partial charge on any atom is -0.325 e. The third kappa shape index (κ3) is 4.37. The van der Waals surface area contributed by atoms with Crippen LogP contribution in [0.1, 0.15) is 11.1 Å². The third-order valence-electron chi connectivity index (χ3n) is 3.75. The Bertz CT molecular complexity index is 957. The summed E-state index contributed by atoms with van der Waals surface area (Å²) >= 11 is 6.59. The molecule has 2 aromatic rings. The number of benzene rings is 2. The smallest absolute Gasteiger partial charge is 0.294 e. The van der Waals surface area contributed by atoms with Gasteiger partial charge in [-0.05, 0) is 54.6 Å². The Labute approximate surface area is 164 Å². The Hall–Kier alpha value is -2.64. The van der Waals surface area contributed by atoms with E-state index in [0.717, 1.165) is 10.5 Å². The summed E-state index contributed by atoms with van der Waals surface area (Å²) in [7, 11) is 0. The largest absolute Gasteiger partial charge is 0.325 e. The van der Waals surface area contributed by atoms with E-state index in [9.17, 15) is 18.8 Å². The van der Waals surface area contributed by atoms with Gasteiger partial charge in [-0.3, -0.25) is 19.3 Å². The lowest BCUT2D eigenvalue weighted by atomic mass is 10.2. The number of amides is 3. The normalized spacial score (nSPS) is 15.5. The number of hydrogen-bond donors (Lipinski definition) is 1. The molecule has 0 unspecified atom stereocenters. The zero-order chi connectivity index (χ0) is 19.6. The molecular weight excluding hydrogens is 391 g/mol. The Morgan fingerprint density at radius 1 is 1.26 bits per heavy atom. The van der Waals surface area contributed by atoms with Crippen LogP contribution in [0.25, 0.3) is 6.08 Å². The number of rotatable bonds is 4. The topological polar surface area (TPSA) is 66.5 Å². The first-order valence-corrected chi connectivity index (χ1v) is 9.10. The van der Waals surface area contributed by atoms with E-state index in [4.69, 9.17) is 11.6 Å². The SMILES string of the molecule is Cc1cccc(NC(=O)CN2C(=O)S/C(=C/c3c(F)cccc3Cl)C2=O)c1. The number of carbonyl (C=O) groups is 3. The first-order chi connectivity index (χ1) is 12.8. The number of hydrogen-bond acceptors (Lipinski definition) is 4. The van der Waals surface area contributed by atoms with Crippen molar-refractivity contribution in [2.45, 2.75) is 6.92 Å². The summed E-state index contributed by atoms with van der Waals surface area (Å²) in [6.45, 7) is 1.45. The molecule has 27 heavy (non-hydrogen) atoms. The average Bonchev–Trinajstić information content (AvgIpc) is 2.86. The molecule has 1 heterocycles. The van der Waals surface area contributed by atoms with E-state index in [2.05, 4.69) is 5.32 Å². The molecule has 0 radical (unpaired) electrons. The molecule has 0 bridgehead atoms. The Morgan fingerprint density at radius 2 is 2.00 bits per heavy atom. The Morgan fingerprint density at radius 3 is 2.70 bits per heavy atom. The van der Waals surface area contributed by atoms with Gasteiger partial charge in [-0.2, -0.15) is 0 Å². The molecule has 0 aliphatic carbocycles. The van der Waals surface area contributed by atoms with E-state index in [-0.39, 0.29) is 15.5 Å². The van der Waals surface area contributed by atoms with Gasteiger partial charge in [0.15, 0.2) is 0 Å². The van der Waals surface area contributed by atoms with Crippen LogP contribution in [-0.4, -0.2) is 28.5 Å². The molecule has 1 fully saturated rings. The fraction of sp³-hybridized carbons (Fsp3) is 0.105. The van der Waals surface area contributed by atoms with Crippen molar-refractivity contribution in [3.8, 4) is 0 Å². The van der Waals surface area contributed by atoms with Crippen LogP contribution in [0.2, 0.25) is 5.02 Å². The molecule has 0 aromatic heterocycles. The van der Waals surface area contributed by atoms with E-state index in [1.807, 2.05) is 13.0 Å². The lowest BCUT2D eigenvalue weighted by Gasteiger charge is -2.12. The highest BCUT2D eigenvalue weighted by Crippen LogP contribution is 2.34.